The summed E-state index contributed by atoms with van der Waals surface area (Å²) in [6, 6.07) is 13.7. The molecule has 1 unspecified atom stereocenters. The molecule has 0 spiro atoms. The van der Waals surface area contributed by atoms with Crippen LogP contribution in [0.25, 0.3) is 5.76 Å². The number of hydrogen-bond acceptors (Lipinski definition) is 5. The van der Waals surface area contributed by atoms with E-state index in [0.717, 1.165) is 15.6 Å². The second kappa shape index (κ2) is 9.35. The number of hydrogen-bond donors (Lipinski definition) is 2. The van der Waals surface area contributed by atoms with Crippen molar-refractivity contribution in [1.29, 1.82) is 0 Å². The lowest BCUT2D eigenvalue weighted by molar-refractivity contribution is -0.140. The van der Waals surface area contributed by atoms with Gasteiger partial charge in [0.2, 0.25) is 0 Å². The average Bonchev–Trinajstić information content (AvgIpc) is 2.96. The van der Waals surface area contributed by atoms with Crippen LogP contribution in [0.5, 0.6) is 0 Å². The number of rotatable bonds is 7. The number of benzene rings is 2. The molecule has 1 heterocycles. The van der Waals surface area contributed by atoms with Crippen molar-refractivity contribution in [3.8, 4) is 0 Å². The van der Waals surface area contributed by atoms with Crippen LogP contribution in [0.2, 0.25) is 0 Å². The highest BCUT2D eigenvalue weighted by molar-refractivity contribution is 9.10. The van der Waals surface area contributed by atoms with Crippen molar-refractivity contribution in [3.05, 3.63) is 75.3 Å². The average molecular weight is 460 g/mol. The molecule has 1 aliphatic rings. The highest BCUT2D eigenvalue weighted by atomic mass is 79.9. The molecule has 0 bridgehead atoms. The van der Waals surface area contributed by atoms with Crippen molar-refractivity contribution in [2.75, 3.05) is 26.4 Å². The van der Waals surface area contributed by atoms with Gasteiger partial charge in [0.25, 0.3) is 11.7 Å². The molecule has 1 fully saturated rings. The highest BCUT2D eigenvalue weighted by Gasteiger charge is 2.45. The van der Waals surface area contributed by atoms with Gasteiger partial charge in [-0.05, 0) is 24.6 Å². The number of ketones is 1. The first-order valence-corrected chi connectivity index (χ1v) is 10.0. The first-order valence-electron chi connectivity index (χ1n) is 9.23. The molecule has 7 heteroatoms. The number of aliphatic hydroxyl groups is 2. The maximum absolute atomic E-state index is 12.8. The molecule has 1 aliphatic heterocycles. The van der Waals surface area contributed by atoms with Gasteiger partial charge in [0, 0.05) is 16.6 Å². The molecule has 1 saturated heterocycles. The summed E-state index contributed by atoms with van der Waals surface area (Å²) in [6.07, 6.45) is 0. The molecule has 3 rings (SSSR count). The summed E-state index contributed by atoms with van der Waals surface area (Å²) in [7, 11) is 0. The van der Waals surface area contributed by atoms with Gasteiger partial charge in [-0.2, -0.15) is 0 Å². The standard InChI is InChI=1S/C22H22BrNO5/c1-14-2-4-15(5-3-14)19-18(20(26)16-6-8-17(23)9-7-16)21(27)22(28)24(19)10-12-29-13-11-25/h2-9,19,25-26H,10-13H2,1H3/b20-18+. The monoisotopic (exact) mass is 459 g/mol. The summed E-state index contributed by atoms with van der Waals surface area (Å²) in [5, 5.41) is 19.8. The largest absolute Gasteiger partial charge is 0.507 e. The second-order valence-electron chi connectivity index (χ2n) is 6.75. The molecular weight excluding hydrogens is 438 g/mol. The van der Waals surface area contributed by atoms with E-state index in [1.54, 1.807) is 24.3 Å². The zero-order valence-electron chi connectivity index (χ0n) is 16.0. The highest BCUT2D eigenvalue weighted by Crippen LogP contribution is 2.39. The van der Waals surface area contributed by atoms with Crippen molar-refractivity contribution in [1.82, 2.24) is 4.90 Å². The van der Waals surface area contributed by atoms with Crippen LogP contribution in [0.3, 0.4) is 0 Å². The van der Waals surface area contributed by atoms with E-state index in [1.807, 2.05) is 31.2 Å². The Morgan fingerprint density at radius 3 is 2.34 bits per heavy atom. The lowest BCUT2D eigenvalue weighted by Gasteiger charge is -2.25. The van der Waals surface area contributed by atoms with Gasteiger partial charge in [-0.1, -0.05) is 57.9 Å². The van der Waals surface area contributed by atoms with E-state index < -0.39 is 17.7 Å². The van der Waals surface area contributed by atoms with Crippen LogP contribution < -0.4 is 0 Å². The molecule has 0 saturated carbocycles. The van der Waals surface area contributed by atoms with E-state index >= 15 is 0 Å². The molecule has 6 nitrogen and oxygen atoms in total. The number of halogens is 1. The normalized spacial score (nSPS) is 18.4. The fourth-order valence-corrected chi connectivity index (χ4v) is 3.56. The summed E-state index contributed by atoms with van der Waals surface area (Å²) < 4.78 is 6.12. The van der Waals surface area contributed by atoms with Crippen LogP contribution >= 0.6 is 15.9 Å². The maximum Gasteiger partial charge on any atom is 0.295 e. The van der Waals surface area contributed by atoms with Crippen molar-refractivity contribution < 1.29 is 24.5 Å². The van der Waals surface area contributed by atoms with Gasteiger partial charge in [-0.3, -0.25) is 9.59 Å². The predicted molar refractivity (Wildman–Crippen MR) is 112 cm³/mol. The van der Waals surface area contributed by atoms with Gasteiger partial charge in [0.15, 0.2) is 0 Å². The van der Waals surface area contributed by atoms with Gasteiger partial charge in [-0.25, -0.2) is 0 Å². The molecule has 1 atom stereocenters. The molecule has 2 aromatic rings. The lowest BCUT2D eigenvalue weighted by Crippen LogP contribution is -2.33. The zero-order valence-corrected chi connectivity index (χ0v) is 17.6. The quantitative estimate of drug-likeness (QED) is 0.287. The first kappa shape index (κ1) is 21.2. The van der Waals surface area contributed by atoms with Gasteiger partial charge in [-0.15, -0.1) is 0 Å². The third-order valence-corrected chi connectivity index (χ3v) is 5.29. The summed E-state index contributed by atoms with van der Waals surface area (Å²) in [6.45, 7) is 2.32. The number of amides is 1. The van der Waals surface area contributed by atoms with Crippen molar-refractivity contribution in [2.45, 2.75) is 13.0 Å². The number of likely N-dealkylation sites (tertiary alicyclic amines) is 1. The van der Waals surface area contributed by atoms with Crippen LogP contribution in [0.15, 0.2) is 58.6 Å². The molecule has 0 radical (unpaired) electrons. The van der Waals surface area contributed by atoms with Gasteiger partial charge >= 0.3 is 0 Å². The minimum atomic E-state index is -0.724. The van der Waals surface area contributed by atoms with Crippen molar-refractivity contribution >= 4 is 33.4 Å². The fourth-order valence-electron chi connectivity index (χ4n) is 3.30. The number of aryl methyl sites for hydroxylation is 1. The molecule has 1 amide bonds. The summed E-state index contributed by atoms with van der Waals surface area (Å²) >= 11 is 3.35. The molecular formula is C22H22BrNO5. The molecule has 152 valence electrons. The number of ether oxygens (including phenoxy) is 1. The van der Waals surface area contributed by atoms with Gasteiger partial charge in [0.05, 0.1) is 31.4 Å². The van der Waals surface area contributed by atoms with Gasteiger partial charge < -0.3 is 19.8 Å². The van der Waals surface area contributed by atoms with Crippen LogP contribution in [-0.2, 0) is 14.3 Å². The molecule has 2 N–H and O–H groups in total. The summed E-state index contributed by atoms with van der Waals surface area (Å²) in [5.41, 5.74) is 2.30. The Hall–Kier alpha value is -2.48. The Labute approximate surface area is 177 Å². The smallest absolute Gasteiger partial charge is 0.295 e. The van der Waals surface area contributed by atoms with E-state index in [0.29, 0.717) is 5.56 Å². The van der Waals surface area contributed by atoms with Crippen LogP contribution in [0.4, 0.5) is 0 Å². The minimum Gasteiger partial charge on any atom is -0.507 e. The SMILES string of the molecule is Cc1ccc(C2/C(=C(\O)c3ccc(Br)cc3)C(=O)C(=O)N2CCOCCO)cc1. The van der Waals surface area contributed by atoms with Crippen LogP contribution in [-0.4, -0.2) is 53.2 Å². The molecule has 29 heavy (non-hydrogen) atoms. The van der Waals surface area contributed by atoms with E-state index in [2.05, 4.69) is 15.9 Å². The van der Waals surface area contributed by atoms with Crippen molar-refractivity contribution in [3.63, 3.8) is 0 Å². The third kappa shape index (κ3) is 4.58. The topological polar surface area (TPSA) is 87.1 Å². The number of carbonyl (C=O) groups excluding carboxylic acids is 2. The minimum absolute atomic E-state index is 0.0586. The number of carbonyl (C=O) groups is 2. The molecule has 0 aliphatic carbocycles. The summed E-state index contributed by atoms with van der Waals surface area (Å²) in [4.78, 5) is 27.0. The maximum atomic E-state index is 12.8. The fraction of sp³-hybridized carbons (Fsp3) is 0.273. The number of nitrogens with zero attached hydrogens (tertiary/aromatic N) is 1. The Balaban J connectivity index is 2.05. The third-order valence-electron chi connectivity index (χ3n) is 4.76. The summed E-state index contributed by atoms with van der Waals surface area (Å²) in [5.74, 6) is -1.61. The Morgan fingerprint density at radius 2 is 1.72 bits per heavy atom. The Bertz CT molecular complexity index is 921. The molecule has 2 aromatic carbocycles. The van der Waals surface area contributed by atoms with Crippen LogP contribution in [0, 0.1) is 6.92 Å². The van der Waals surface area contributed by atoms with Crippen LogP contribution in [0.1, 0.15) is 22.7 Å². The first-order chi connectivity index (χ1) is 13.9. The van der Waals surface area contributed by atoms with Crippen molar-refractivity contribution in [2.24, 2.45) is 0 Å². The number of aliphatic hydroxyl groups excluding tert-OH is 2. The lowest BCUT2D eigenvalue weighted by atomic mass is 9.95. The second-order valence-corrected chi connectivity index (χ2v) is 7.66. The molecule has 0 aromatic heterocycles. The Kier molecular flexibility index (Phi) is 6.84. The van der Waals surface area contributed by atoms with E-state index in [-0.39, 0.29) is 37.7 Å². The van der Waals surface area contributed by atoms with E-state index in [1.165, 1.54) is 4.90 Å². The Morgan fingerprint density at radius 1 is 1.07 bits per heavy atom. The van der Waals surface area contributed by atoms with Gasteiger partial charge in [0.1, 0.15) is 5.76 Å². The number of Topliss-reactive ketones (excluding diaryl/α,β-unsaturated/α-hetero) is 1. The predicted octanol–water partition coefficient (Wildman–Crippen LogP) is 3.19. The van der Waals surface area contributed by atoms with E-state index in [4.69, 9.17) is 9.84 Å². The zero-order chi connectivity index (χ0) is 21.0. The van der Waals surface area contributed by atoms with E-state index in [9.17, 15) is 14.7 Å².